The maximum Gasteiger partial charge on any atom is 2.00 e. The molecule has 10 bridgehead atoms. The van der Waals surface area contributed by atoms with Gasteiger partial charge in [0.1, 0.15) is 0 Å². The van der Waals surface area contributed by atoms with E-state index >= 15 is 0 Å². The van der Waals surface area contributed by atoms with Gasteiger partial charge in [0.05, 0.1) is 28.5 Å². The van der Waals surface area contributed by atoms with Gasteiger partial charge >= 0.3 is 21.1 Å². The van der Waals surface area contributed by atoms with Crippen molar-refractivity contribution in [1.82, 2.24) is 15.0 Å². The second-order valence-corrected chi connectivity index (χ2v) is 11.3. The maximum absolute atomic E-state index is 5.19. The minimum Gasteiger partial charge on any atom is -0.677 e. The number of hydrogen-bond donors (Lipinski definition) is 0. The molecule has 1 unspecified atom stereocenters. The molecular formula is C39H25N5Pt. The number of fused-ring (bicyclic) bond motifs is 18. The van der Waals surface area contributed by atoms with Crippen molar-refractivity contribution in [3.8, 4) is 0 Å². The third-order valence-corrected chi connectivity index (χ3v) is 8.48. The normalized spacial score (nSPS) is 19.8. The summed E-state index contributed by atoms with van der Waals surface area (Å²) in [6.45, 7) is 0. The maximum atomic E-state index is 5.19. The predicted molar refractivity (Wildman–Crippen MR) is 178 cm³/mol. The van der Waals surface area contributed by atoms with E-state index in [-0.39, 0.29) is 27.1 Å². The first-order valence-electron chi connectivity index (χ1n) is 14.9. The van der Waals surface area contributed by atoms with Gasteiger partial charge in [-0.25, -0.2) is 9.98 Å². The standard InChI is InChI=1S/C39H25N5.Pt/c1-2-14-29-28(13-1)34-19-24-9-7-11-26(40-24)21-36-30-15-3-5-17-32(30)38(43-36)23-39-33-18-6-4-16-31(33)37(44-39)22-27-12-8-10-25(41-27)20-35(29)42-34;/h1-19,21-23,35H,20H2;/q-2;+2/b34-19-,36-21-,37-22-,38-23-;. The van der Waals surface area contributed by atoms with Crippen LogP contribution in [0.15, 0.2) is 114 Å². The van der Waals surface area contributed by atoms with Crippen molar-refractivity contribution < 1.29 is 21.1 Å². The number of aliphatic imine (C=N–C) groups is 1. The Morgan fingerprint density at radius 3 is 2.02 bits per heavy atom. The molecule has 0 saturated carbocycles. The number of hydrogen-bond acceptors (Lipinski definition) is 3. The largest absolute Gasteiger partial charge is 2.00 e. The van der Waals surface area contributed by atoms with Gasteiger partial charge in [-0.2, -0.15) is 0 Å². The first-order valence-corrected chi connectivity index (χ1v) is 14.9. The number of rotatable bonds is 0. The number of benzene rings is 3. The second-order valence-electron chi connectivity index (χ2n) is 11.3. The van der Waals surface area contributed by atoms with Crippen LogP contribution >= 0.6 is 0 Å². The van der Waals surface area contributed by atoms with Crippen molar-refractivity contribution in [2.75, 3.05) is 0 Å². The topological polar surface area (TPSA) is 66.3 Å². The Labute approximate surface area is 274 Å². The molecule has 0 radical (unpaired) electrons. The van der Waals surface area contributed by atoms with Gasteiger partial charge < -0.3 is 10.3 Å². The van der Waals surface area contributed by atoms with Gasteiger partial charge in [0.15, 0.2) is 0 Å². The van der Waals surface area contributed by atoms with E-state index in [1.165, 1.54) is 5.56 Å². The van der Waals surface area contributed by atoms with E-state index in [0.29, 0.717) is 6.42 Å². The van der Waals surface area contributed by atoms with Gasteiger partial charge in [-0.1, -0.05) is 109 Å². The summed E-state index contributed by atoms with van der Waals surface area (Å²) < 4.78 is 0. The Morgan fingerprint density at radius 1 is 0.556 bits per heavy atom. The summed E-state index contributed by atoms with van der Waals surface area (Å²) in [6, 6.07) is 37.5. The van der Waals surface area contributed by atoms with Gasteiger partial charge in [0.2, 0.25) is 0 Å². The van der Waals surface area contributed by atoms with Crippen LogP contribution in [0.3, 0.4) is 0 Å². The molecule has 6 heterocycles. The molecule has 0 amide bonds. The van der Waals surface area contributed by atoms with Crippen molar-refractivity contribution in [3.05, 3.63) is 170 Å². The summed E-state index contributed by atoms with van der Waals surface area (Å²) in [6.07, 6.45) is 9.05. The second kappa shape index (κ2) is 11.1. The summed E-state index contributed by atoms with van der Waals surface area (Å²) in [7, 11) is 0. The van der Waals surface area contributed by atoms with E-state index < -0.39 is 0 Å². The van der Waals surface area contributed by atoms with Crippen molar-refractivity contribution in [2.24, 2.45) is 4.99 Å². The zero-order chi connectivity index (χ0) is 29.0. The molecule has 0 fully saturated rings. The number of nitrogens with zero attached hydrogens (tertiary/aromatic N) is 5. The molecule has 0 saturated heterocycles. The Hall–Kier alpha value is -5.12. The zero-order valence-electron chi connectivity index (χ0n) is 24.0. The average Bonchev–Trinajstić information content (AvgIpc) is 3.69. The smallest absolute Gasteiger partial charge is 0.677 e. The van der Waals surface area contributed by atoms with E-state index in [0.717, 1.165) is 78.0 Å². The molecule has 9 rings (SSSR count). The quantitative estimate of drug-likeness (QED) is 0.174. The van der Waals surface area contributed by atoms with Gasteiger partial charge in [-0.3, -0.25) is 4.98 Å². The van der Waals surface area contributed by atoms with E-state index in [1.807, 2.05) is 24.3 Å². The van der Waals surface area contributed by atoms with Crippen molar-refractivity contribution in [1.29, 1.82) is 0 Å². The molecule has 0 N–H and O–H groups in total. The first kappa shape index (κ1) is 27.4. The molecular weight excluding hydrogens is 734 g/mol. The summed E-state index contributed by atoms with van der Waals surface area (Å²) in [5.41, 5.74) is 10.9. The average molecular weight is 759 g/mol. The molecule has 0 aliphatic carbocycles. The van der Waals surface area contributed by atoms with Crippen molar-refractivity contribution in [2.45, 2.75) is 12.5 Å². The van der Waals surface area contributed by atoms with Crippen LogP contribution in [-0.2, 0) is 27.5 Å². The summed E-state index contributed by atoms with van der Waals surface area (Å²) in [5, 5.41) is 9.14. The van der Waals surface area contributed by atoms with Crippen LogP contribution in [0, 0.1) is 0 Å². The zero-order valence-corrected chi connectivity index (χ0v) is 26.3. The van der Waals surface area contributed by atoms with Crippen LogP contribution in [0.5, 0.6) is 0 Å². The van der Waals surface area contributed by atoms with Crippen LogP contribution in [0.4, 0.5) is 0 Å². The van der Waals surface area contributed by atoms with E-state index in [1.54, 1.807) is 0 Å². The number of pyridine rings is 2. The van der Waals surface area contributed by atoms with Crippen LogP contribution in [0.2, 0.25) is 0 Å². The molecule has 5 nitrogen and oxygen atoms in total. The van der Waals surface area contributed by atoms with E-state index in [9.17, 15) is 0 Å². The molecule has 45 heavy (non-hydrogen) atoms. The molecule has 6 heteroatoms. The third kappa shape index (κ3) is 4.90. The van der Waals surface area contributed by atoms with Crippen LogP contribution < -0.4 is 15.7 Å². The fourth-order valence-corrected chi connectivity index (χ4v) is 6.47. The first-order chi connectivity index (χ1) is 21.7. The Balaban J connectivity index is 0.00000300. The monoisotopic (exact) mass is 758 g/mol. The summed E-state index contributed by atoms with van der Waals surface area (Å²) in [5.74, 6) is 0. The molecule has 216 valence electrons. The SMILES string of the molecule is C1=C2/N=C(/C=c3\[n-]/c(c4ccccc34)=C\c3cccc(n3)/C=C3\[N-]C(Cc4cccc\1n4)c1ccccc13)c1ccccc12.[Pt+2]. The molecule has 3 aliphatic rings. The molecule has 3 aromatic carbocycles. The Morgan fingerprint density at radius 2 is 1.20 bits per heavy atom. The molecule has 1 atom stereocenters. The minimum absolute atomic E-state index is 0. The van der Waals surface area contributed by atoms with Gasteiger partial charge in [0, 0.05) is 16.8 Å². The van der Waals surface area contributed by atoms with Gasteiger partial charge in [0.25, 0.3) is 0 Å². The summed E-state index contributed by atoms with van der Waals surface area (Å²) >= 11 is 0. The summed E-state index contributed by atoms with van der Waals surface area (Å²) in [4.78, 5) is 20.3. The Kier molecular flexibility index (Phi) is 6.77. The Bertz CT molecular complexity index is 2360. The fraction of sp³-hybridized carbons (Fsp3) is 0.0513. The fourth-order valence-electron chi connectivity index (χ4n) is 6.47. The molecule has 3 aliphatic heterocycles. The van der Waals surface area contributed by atoms with E-state index in [4.69, 9.17) is 25.3 Å². The predicted octanol–water partition coefficient (Wildman–Crippen LogP) is 6.68. The molecule has 6 aromatic rings. The van der Waals surface area contributed by atoms with Crippen LogP contribution in [0.1, 0.15) is 51.1 Å². The van der Waals surface area contributed by atoms with Crippen LogP contribution in [-0.4, -0.2) is 15.7 Å². The van der Waals surface area contributed by atoms with Crippen molar-refractivity contribution >= 4 is 52.2 Å². The van der Waals surface area contributed by atoms with Gasteiger partial charge in [-0.05, 0) is 59.2 Å². The minimum atomic E-state index is -0.0158. The van der Waals surface area contributed by atoms with Gasteiger partial charge in [-0.15, -0.1) is 16.4 Å². The van der Waals surface area contributed by atoms with E-state index in [2.05, 4.69) is 109 Å². The van der Waals surface area contributed by atoms with Crippen molar-refractivity contribution in [3.63, 3.8) is 0 Å². The number of aromatic nitrogens is 3. The molecule has 0 spiro atoms. The molecule has 3 aromatic heterocycles. The third-order valence-electron chi connectivity index (χ3n) is 8.48. The van der Waals surface area contributed by atoms with Crippen LogP contribution in [0.25, 0.3) is 51.8 Å².